The zero-order valence-corrected chi connectivity index (χ0v) is 19.8. The van der Waals surface area contributed by atoms with Gasteiger partial charge in [0.25, 0.3) is 5.91 Å². The molecule has 176 valence electrons. The van der Waals surface area contributed by atoms with Gasteiger partial charge in [0.1, 0.15) is 11.5 Å². The van der Waals surface area contributed by atoms with Crippen LogP contribution in [0, 0.1) is 0 Å². The Morgan fingerprint density at radius 2 is 1.69 bits per heavy atom. The van der Waals surface area contributed by atoms with E-state index in [2.05, 4.69) is 10.5 Å². The minimum atomic E-state index is -0.588. The third-order valence-electron chi connectivity index (χ3n) is 5.18. The number of amides is 1. The second-order valence-corrected chi connectivity index (χ2v) is 8.05. The molecule has 0 saturated carbocycles. The summed E-state index contributed by atoms with van der Waals surface area (Å²) < 4.78 is 11.2. The molecule has 6 nitrogen and oxygen atoms in total. The number of ether oxygens (including phenoxy) is 2. The van der Waals surface area contributed by atoms with Crippen LogP contribution in [-0.4, -0.2) is 24.7 Å². The largest absolute Gasteiger partial charge is 0.494 e. The molecule has 4 aromatic rings. The van der Waals surface area contributed by atoms with Crippen LogP contribution in [0.15, 0.2) is 90.0 Å². The number of nitrogens with zero attached hydrogens (tertiary/aromatic N) is 1. The lowest BCUT2D eigenvalue weighted by atomic mass is 10.0. The van der Waals surface area contributed by atoms with Crippen LogP contribution in [0.3, 0.4) is 0 Å². The van der Waals surface area contributed by atoms with Gasteiger partial charge in [0.15, 0.2) is 0 Å². The highest BCUT2D eigenvalue weighted by Crippen LogP contribution is 2.28. The van der Waals surface area contributed by atoms with Gasteiger partial charge in [0.2, 0.25) is 0 Å². The molecule has 4 rings (SSSR count). The Morgan fingerprint density at radius 3 is 2.46 bits per heavy atom. The first-order valence-electron chi connectivity index (χ1n) is 11.1. The molecule has 0 heterocycles. The SMILES string of the molecule is CCCOc1ccc(C(=O)NN=Cc2c(OC(=O)c3ccccc3Cl)ccc3ccccc23)cc1. The van der Waals surface area contributed by atoms with Crippen LogP contribution < -0.4 is 14.9 Å². The van der Waals surface area contributed by atoms with Gasteiger partial charge in [-0.3, -0.25) is 4.79 Å². The monoisotopic (exact) mass is 486 g/mol. The highest BCUT2D eigenvalue weighted by Gasteiger charge is 2.16. The van der Waals surface area contributed by atoms with E-state index in [1.165, 1.54) is 6.21 Å². The van der Waals surface area contributed by atoms with Crippen LogP contribution in [-0.2, 0) is 0 Å². The van der Waals surface area contributed by atoms with E-state index < -0.39 is 5.97 Å². The van der Waals surface area contributed by atoms with Gasteiger partial charge in [-0.05, 0) is 59.7 Å². The second kappa shape index (κ2) is 11.3. The summed E-state index contributed by atoms with van der Waals surface area (Å²) in [6.07, 6.45) is 2.37. The first kappa shape index (κ1) is 24.0. The fraction of sp³-hybridized carbons (Fsp3) is 0.107. The Kier molecular flexibility index (Phi) is 7.75. The number of carbonyl (C=O) groups excluding carboxylic acids is 2. The van der Waals surface area contributed by atoms with Crippen molar-refractivity contribution >= 4 is 40.5 Å². The normalized spacial score (nSPS) is 10.9. The molecule has 0 atom stereocenters. The zero-order valence-electron chi connectivity index (χ0n) is 19.0. The predicted molar refractivity (Wildman–Crippen MR) is 138 cm³/mol. The Bertz CT molecular complexity index is 1380. The van der Waals surface area contributed by atoms with Crippen molar-refractivity contribution in [2.45, 2.75) is 13.3 Å². The molecule has 1 N–H and O–H groups in total. The lowest BCUT2D eigenvalue weighted by Gasteiger charge is -2.11. The summed E-state index contributed by atoms with van der Waals surface area (Å²) in [4.78, 5) is 25.3. The van der Waals surface area contributed by atoms with E-state index in [0.29, 0.717) is 34.3 Å². The lowest BCUT2D eigenvalue weighted by Crippen LogP contribution is -2.17. The molecule has 0 aliphatic heterocycles. The maximum Gasteiger partial charge on any atom is 0.345 e. The lowest BCUT2D eigenvalue weighted by molar-refractivity contribution is 0.0734. The first-order valence-corrected chi connectivity index (χ1v) is 11.5. The van der Waals surface area contributed by atoms with E-state index >= 15 is 0 Å². The number of hydrogen-bond acceptors (Lipinski definition) is 5. The molecule has 1 amide bonds. The smallest absolute Gasteiger partial charge is 0.345 e. The third kappa shape index (κ3) is 5.86. The highest BCUT2D eigenvalue weighted by molar-refractivity contribution is 6.33. The van der Waals surface area contributed by atoms with E-state index in [0.717, 1.165) is 17.2 Å². The van der Waals surface area contributed by atoms with Crippen LogP contribution >= 0.6 is 11.6 Å². The number of esters is 1. The van der Waals surface area contributed by atoms with Crippen molar-refractivity contribution < 1.29 is 19.1 Å². The highest BCUT2D eigenvalue weighted by atomic mass is 35.5. The average Bonchev–Trinajstić information content (AvgIpc) is 2.89. The number of rotatable bonds is 8. The van der Waals surface area contributed by atoms with Crippen LogP contribution in [0.25, 0.3) is 10.8 Å². The molecule has 0 saturated heterocycles. The fourth-order valence-electron chi connectivity index (χ4n) is 3.42. The van der Waals surface area contributed by atoms with Crippen LogP contribution in [0.5, 0.6) is 11.5 Å². The van der Waals surface area contributed by atoms with Crippen molar-refractivity contribution in [3.63, 3.8) is 0 Å². The van der Waals surface area contributed by atoms with E-state index in [1.807, 2.05) is 37.3 Å². The van der Waals surface area contributed by atoms with Crippen molar-refractivity contribution in [2.75, 3.05) is 6.61 Å². The molecule has 35 heavy (non-hydrogen) atoms. The molecule has 7 heteroatoms. The summed E-state index contributed by atoms with van der Waals surface area (Å²) in [5.74, 6) is 0.0322. The van der Waals surface area contributed by atoms with E-state index in [-0.39, 0.29) is 11.5 Å². The molecule has 0 bridgehead atoms. The molecule has 0 fully saturated rings. The molecular weight excluding hydrogens is 464 g/mol. The van der Waals surface area contributed by atoms with Gasteiger partial charge in [0.05, 0.1) is 23.4 Å². The number of hydrazone groups is 1. The number of nitrogens with one attached hydrogen (secondary N) is 1. The Hall–Kier alpha value is -4.16. The topological polar surface area (TPSA) is 77.0 Å². The Morgan fingerprint density at radius 1 is 0.943 bits per heavy atom. The van der Waals surface area contributed by atoms with Crippen LogP contribution in [0.4, 0.5) is 0 Å². The fourth-order valence-corrected chi connectivity index (χ4v) is 3.63. The van der Waals surface area contributed by atoms with Crippen molar-refractivity contribution in [3.8, 4) is 11.5 Å². The van der Waals surface area contributed by atoms with E-state index in [4.69, 9.17) is 21.1 Å². The average molecular weight is 487 g/mol. The molecular formula is C28H23ClN2O4. The van der Waals surface area contributed by atoms with Crippen LogP contribution in [0.2, 0.25) is 5.02 Å². The Labute approximate surface area is 208 Å². The van der Waals surface area contributed by atoms with Gasteiger partial charge in [-0.25, -0.2) is 10.2 Å². The van der Waals surface area contributed by atoms with E-state index in [9.17, 15) is 9.59 Å². The standard InChI is InChI=1S/C28H23ClN2O4/c1-2-17-34-21-14-11-20(12-15-21)27(32)31-30-18-24-22-8-4-3-7-19(22)13-16-26(24)35-28(33)23-9-5-6-10-25(23)29/h3-16,18H,2,17H2,1H3,(H,31,32). The van der Waals surface area contributed by atoms with Crippen molar-refractivity contribution in [1.29, 1.82) is 0 Å². The maximum atomic E-state index is 12.8. The van der Waals surface area contributed by atoms with Gasteiger partial charge in [0, 0.05) is 11.1 Å². The van der Waals surface area contributed by atoms with Gasteiger partial charge < -0.3 is 9.47 Å². The minimum absolute atomic E-state index is 0.255. The molecule has 0 aliphatic carbocycles. The number of halogens is 1. The first-order chi connectivity index (χ1) is 17.1. The van der Waals surface area contributed by atoms with Gasteiger partial charge in [-0.15, -0.1) is 0 Å². The van der Waals surface area contributed by atoms with E-state index in [1.54, 1.807) is 54.6 Å². The Balaban J connectivity index is 1.56. The number of hydrogen-bond donors (Lipinski definition) is 1. The number of benzene rings is 4. The summed E-state index contributed by atoms with van der Waals surface area (Å²) in [7, 11) is 0. The summed E-state index contributed by atoms with van der Waals surface area (Å²) in [5.41, 5.74) is 3.77. The molecule has 4 aromatic carbocycles. The summed E-state index contributed by atoms with van der Waals surface area (Å²) >= 11 is 6.15. The molecule has 0 spiro atoms. The summed E-state index contributed by atoms with van der Waals surface area (Å²) in [5, 5.41) is 6.17. The summed E-state index contributed by atoms with van der Waals surface area (Å²) in [6, 6.07) is 24.6. The molecule has 0 radical (unpaired) electrons. The van der Waals surface area contributed by atoms with Crippen LogP contribution in [0.1, 0.15) is 39.6 Å². The van der Waals surface area contributed by atoms with Gasteiger partial charge in [-0.2, -0.15) is 5.10 Å². The second-order valence-electron chi connectivity index (χ2n) is 7.64. The predicted octanol–water partition coefficient (Wildman–Crippen LogP) is 6.27. The van der Waals surface area contributed by atoms with Gasteiger partial charge in [-0.1, -0.05) is 61.0 Å². The summed E-state index contributed by atoms with van der Waals surface area (Å²) in [6.45, 7) is 2.64. The van der Waals surface area contributed by atoms with Crippen molar-refractivity contribution in [1.82, 2.24) is 5.43 Å². The minimum Gasteiger partial charge on any atom is -0.494 e. The molecule has 0 aromatic heterocycles. The zero-order chi connectivity index (χ0) is 24.6. The number of carbonyl (C=O) groups is 2. The number of fused-ring (bicyclic) bond motifs is 1. The molecule has 0 unspecified atom stereocenters. The maximum absolute atomic E-state index is 12.8. The van der Waals surface area contributed by atoms with Gasteiger partial charge >= 0.3 is 5.97 Å². The van der Waals surface area contributed by atoms with Crippen molar-refractivity contribution in [2.24, 2.45) is 5.10 Å². The van der Waals surface area contributed by atoms with Crippen molar-refractivity contribution in [3.05, 3.63) is 107 Å². The molecule has 0 aliphatic rings. The third-order valence-corrected chi connectivity index (χ3v) is 5.51. The quantitative estimate of drug-likeness (QED) is 0.138.